The van der Waals surface area contributed by atoms with E-state index in [1.807, 2.05) is 36.1 Å². The van der Waals surface area contributed by atoms with Gasteiger partial charge in [-0.15, -0.1) is 0 Å². The molecule has 0 amide bonds. The lowest BCUT2D eigenvalue weighted by atomic mass is 9.96. The van der Waals surface area contributed by atoms with Crippen molar-refractivity contribution in [2.75, 3.05) is 18.0 Å². The first-order valence-electron chi connectivity index (χ1n) is 6.55. The van der Waals surface area contributed by atoms with Gasteiger partial charge in [0.25, 0.3) is 0 Å². The van der Waals surface area contributed by atoms with E-state index in [0.29, 0.717) is 13.1 Å². The molecule has 0 spiro atoms. The number of rotatable bonds is 2. The van der Waals surface area contributed by atoms with E-state index in [9.17, 15) is 13.2 Å². The lowest BCUT2D eigenvalue weighted by molar-refractivity contribution is -0.179. The normalized spacial score (nSPS) is 19.5. The van der Waals surface area contributed by atoms with Crippen molar-refractivity contribution in [2.45, 2.75) is 32.0 Å². The number of alkyl halides is 3. The van der Waals surface area contributed by atoms with Crippen LogP contribution in [-0.2, 0) is 0 Å². The fourth-order valence-corrected chi connectivity index (χ4v) is 2.45. The highest BCUT2D eigenvalue weighted by molar-refractivity contribution is 5.48. The van der Waals surface area contributed by atoms with E-state index in [-0.39, 0.29) is 18.9 Å². The Bertz CT molecular complexity index is 404. The van der Waals surface area contributed by atoms with Crippen molar-refractivity contribution in [1.29, 1.82) is 0 Å². The van der Waals surface area contributed by atoms with Crippen molar-refractivity contribution >= 4 is 5.69 Å². The van der Waals surface area contributed by atoms with Crippen LogP contribution in [0, 0.1) is 5.92 Å². The summed E-state index contributed by atoms with van der Waals surface area (Å²) in [7, 11) is 0. The van der Waals surface area contributed by atoms with Crippen LogP contribution in [0.1, 0.15) is 31.4 Å². The highest BCUT2D eigenvalue weighted by atomic mass is 19.4. The zero-order valence-electron chi connectivity index (χ0n) is 11.0. The molecule has 2 N–H and O–H groups in total. The molecule has 5 heteroatoms. The van der Waals surface area contributed by atoms with Gasteiger partial charge in [0, 0.05) is 24.8 Å². The molecule has 1 unspecified atom stereocenters. The molecule has 0 aromatic heterocycles. The monoisotopic (exact) mass is 272 g/mol. The second kappa shape index (κ2) is 5.41. The first-order valence-corrected chi connectivity index (χ1v) is 6.55. The Morgan fingerprint density at radius 2 is 1.68 bits per heavy atom. The topological polar surface area (TPSA) is 29.3 Å². The smallest absolute Gasteiger partial charge is 0.372 e. The van der Waals surface area contributed by atoms with Gasteiger partial charge >= 0.3 is 6.18 Å². The molecule has 1 aliphatic heterocycles. The number of halogens is 3. The minimum atomic E-state index is -4.05. The van der Waals surface area contributed by atoms with Crippen LogP contribution in [0.4, 0.5) is 18.9 Å². The number of benzene rings is 1. The Hall–Kier alpha value is -1.23. The van der Waals surface area contributed by atoms with E-state index in [2.05, 4.69) is 0 Å². The van der Waals surface area contributed by atoms with Gasteiger partial charge in [0.05, 0.1) is 5.92 Å². The molecule has 0 saturated carbocycles. The van der Waals surface area contributed by atoms with Gasteiger partial charge in [0.1, 0.15) is 0 Å². The van der Waals surface area contributed by atoms with Crippen LogP contribution in [0.2, 0.25) is 0 Å². The van der Waals surface area contributed by atoms with E-state index in [4.69, 9.17) is 5.73 Å². The van der Waals surface area contributed by atoms with Crippen LogP contribution in [0.15, 0.2) is 24.3 Å². The average Bonchev–Trinajstić information content (AvgIpc) is 2.38. The summed E-state index contributed by atoms with van der Waals surface area (Å²) in [6.07, 6.45) is -3.69. The maximum atomic E-state index is 12.6. The Morgan fingerprint density at radius 1 is 1.16 bits per heavy atom. The standard InChI is InChI=1S/C14H19F3N2/c1-10(18)11-2-4-13(5-3-11)19-8-6-12(7-9-19)14(15,16)17/h2-5,10,12H,6-9,18H2,1H3. The summed E-state index contributed by atoms with van der Waals surface area (Å²) in [5.74, 6) is -1.15. The lowest BCUT2D eigenvalue weighted by Crippen LogP contribution is -2.39. The molecule has 1 aromatic rings. The van der Waals surface area contributed by atoms with Crippen LogP contribution >= 0.6 is 0 Å². The number of piperidine rings is 1. The molecule has 1 saturated heterocycles. The third kappa shape index (κ3) is 3.41. The maximum absolute atomic E-state index is 12.6. The fourth-order valence-electron chi connectivity index (χ4n) is 2.45. The van der Waals surface area contributed by atoms with Crippen LogP contribution < -0.4 is 10.6 Å². The Balaban J connectivity index is 1.98. The molecule has 1 heterocycles. The van der Waals surface area contributed by atoms with Gasteiger partial charge in [-0.25, -0.2) is 0 Å². The third-order valence-electron chi connectivity index (χ3n) is 3.74. The summed E-state index contributed by atoms with van der Waals surface area (Å²) in [6.45, 7) is 2.83. The molecule has 1 aromatic carbocycles. The largest absolute Gasteiger partial charge is 0.391 e. The predicted octanol–water partition coefficient (Wildman–Crippen LogP) is 3.49. The molecule has 1 aliphatic rings. The first-order chi connectivity index (χ1) is 8.88. The summed E-state index contributed by atoms with van der Waals surface area (Å²) in [5, 5.41) is 0. The van der Waals surface area contributed by atoms with Crippen molar-refractivity contribution in [1.82, 2.24) is 0 Å². The van der Waals surface area contributed by atoms with Gasteiger partial charge in [0.15, 0.2) is 0 Å². The number of hydrogen-bond donors (Lipinski definition) is 1. The van der Waals surface area contributed by atoms with Crippen molar-refractivity contribution in [3.8, 4) is 0 Å². The van der Waals surface area contributed by atoms with E-state index < -0.39 is 12.1 Å². The molecule has 2 nitrogen and oxygen atoms in total. The average molecular weight is 272 g/mol. The van der Waals surface area contributed by atoms with Crippen LogP contribution in [0.5, 0.6) is 0 Å². The van der Waals surface area contributed by atoms with Gasteiger partial charge in [-0.05, 0) is 37.5 Å². The summed E-state index contributed by atoms with van der Waals surface area (Å²) in [6, 6.07) is 7.73. The number of nitrogens with two attached hydrogens (primary N) is 1. The van der Waals surface area contributed by atoms with E-state index in [1.165, 1.54) is 0 Å². The second-order valence-electron chi connectivity index (χ2n) is 5.18. The Morgan fingerprint density at radius 3 is 2.11 bits per heavy atom. The molecule has 1 atom stereocenters. The van der Waals surface area contributed by atoms with Crippen LogP contribution in [-0.4, -0.2) is 19.3 Å². The van der Waals surface area contributed by atoms with Crippen molar-refractivity contribution in [3.05, 3.63) is 29.8 Å². The first kappa shape index (κ1) is 14.2. The Kier molecular flexibility index (Phi) is 4.04. The van der Waals surface area contributed by atoms with Gasteiger partial charge < -0.3 is 10.6 Å². The highest BCUT2D eigenvalue weighted by Gasteiger charge is 2.41. The van der Waals surface area contributed by atoms with Crippen molar-refractivity contribution in [2.24, 2.45) is 11.7 Å². The van der Waals surface area contributed by atoms with Gasteiger partial charge in [-0.1, -0.05) is 12.1 Å². The molecule has 19 heavy (non-hydrogen) atoms. The predicted molar refractivity (Wildman–Crippen MR) is 70.0 cm³/mol. The molecule has 0 bridgehead atoms. The molecule has 1 fully saturated rings. The summed E-state index contributed by atoms with van der Waals surface area (Å²) >= 11 is 0. The molecule has 106 valence electrons. The summed E-state index contributed by atoms with van der Waals surface area (Å²) in [4.78, 5) is 2.01. The fraction of sp³-hybridized carbons (Fsp3) is 0.571. The van der Waals surface area contributed by atoms with Crippen molar-refractivity contribution < 1.29 is 13.2 Å². The van der Waals surface area contributed by atoms with Crippen LogP contribution in [0.3, 0.4) is 0 Å². The van der Waals surface area contributed by atoms with E-state index >= 15 is 0 Å². The van der Waals surface area contributed by atoms with E-state index in [1.54, 1.807) is 0 Å². The maximum Gasteiger partial charge on any atom is 0.391 e. The second-order valence-corrected chi connectivity index (χ2v) is 5.18. The summed E-state index contributed by atoms with van der Waals surface area (Å²) in [5.41, 5.74) is 7.78. The molecular formula is C14H19F3N2. The SMILES string of the molecule is CC(N)c1ccc(N2CCC(C(F)(F)F)CC2)cc1. The zero-order chi connectivity index (χ0) is 14.0. The highest BCUT2D eigenvalue weighted by Crippen LogP contribution is 2.35. The molecular weight excluding hydrogens is 253 g/mol. The number of anilines is 1. The molecule has 2 rings (SSSR count). The van der Waals surface area contributed by atoms with Gasteiger partial charge in [-0.3, -0.25) is 0 Å². The van der Waals surface area contributed by atoms with E-state index in [0.717, 1.165) is 11.3 Å². The third-order valence-corrected chi connectivity index (χ3v) is 3.74. The zero-order valence-corrected chi connectivity index (χ0v) is 11.0. The van der Waals surface area contributed by atoms with Crippen molar-refractivity contribution in [3.63, 3.8) is 0 Å². The minimum Gasteiger partial charge on any atom is -0.372 e. The van der Waals surface area contributed by atoms with Crippen LogP contribution in [0.25, 0.3) is 0 Å². The number of hydrogen-bond acceptors (Lipinski definition) is 2. The number of nitrogens with zero attached hydrogens (tertiary/aromatic N) is 1. The summed E-state index contributed by atoms with van der Waals surface area (Å²) < 4.78 is 37.7. The minimum absolute atomic E-state index is 0.0231. The molecule has 0 aliphatic carbocycles. The quantitative estimate of drug-likeness (QED) is 0.893. The van der Waals surface area contributed by atoms with Gasteiger partial charge in [-0.2, -0.15) is 13.2 Å². The van der Waals surface area contributed by atoms with Gasteiger partial charge in [0.2, 0.25) is 0 Å². The Labute approximate surface area is 111 Å². The lowest BCUT2D eigenvalue weighted by Gasteiger charge is -2.34. The molecule has 0 radical (unpaired) electrons.